The van der Waals surface area contributed by atoms with Crippen molar-refractivity contribution in [3.05, 3.63) is 42.0 Å². The summed E-state index contributed by atoms with van der Waals surface area (Å²) in [4.78, 5) is 27.1. The Bertz CT molecular complexity index is 1060. The van der Waals surface area contributed by atoms with Crippen LogP contribution in [0.3, 0.4) is 0 Å². The molecular formula is C29H38O6. The average Bonchev–Trinajstić information content (AvgIpc) is 3.05. The number of rotatable bonds is 3. The molecule has 0 aromatic heterocycles. The van der Waals surface area contributed by atoms with Gasteiger partial charge >= 0.3 is 5.97 Å². The number of hydrogen-bond donors (Lipinski definition) is 3. The molecule has 5 rings (SSSR count). The third-order valence-electron chi connectivity index (χ3n) is 10.7. The molecule has 1 aromatic carbocycles. The minimum atomic E-state index is -1.78. The van der Waals surface area contributed by atoms with Gasteiger partial charge in [-0.2, -0.15) is 0 Å². The fraction of sp³-hybridized carbons (Fsp3) is 0.655. The van der Waals surface area contributed by atoms with Gasteiger partial charge in [-0.15, -0.1) is 0 Å². The van der Waals surface area contributed by atoms with Crippen LogP contribution in [0.1, 0.15) is 59.4 Å². The Kier molecular flexibility index (Phi) is 5.45. The third-order valence-corrected chi connectivity index (χ3v) is 10.7. The Balaban J connectivity index is 1.49. The number of ether oxygens (including phenoxy) is 1. The summed E-state index contributed by atoms with van der Waals surface area (Å²) in [6, 6.07) is 9.50. The maximum absolute atomic E-state index is 14.2. The highest BCUT2D eigenvalue weighted by molar-refractivity contribution is 5.96. The van der Waals surface area contributed by atoms with Crippen LogP contribution in [-0.2, 0) is 14.3 Å². The molecule has 3 N–H and O–H groups in total. The second-order valence-electron chi connectivity index (χ2n) is 12.6. The fourth-order valence-corrected chi connectivity index (χ4v) is 8.49. The van der Waals surface area contributed by atoms with Crippen molar-refractivity contribution in [2.45, 2.75) is 77.8 Å². The first-order chi connectivity index (χ1) is 16.3. The minimum Gasteiger partial charge on any atom is -0.458 e. The Morgan fingerprint density at radius 1 is 1.09 bits per heavy atom. The van der Waals surface area contributed by atoms with Crippen LogP contribution in [-0.4, -0.2) is 51.0 Å². The van der Waals surface area contributed by atoms with Crippen molar-refractivity contribution in [2.75, 3.05) is 0 Å². The van der Waals surface area contributed by atoms with E-state index in [1.54, 1.807) is 6.08 Å². The van der Waals surface area contributed by atoms with Crippen LogP contribution in [0.5, 0.6) is 0 Å². The van der Waals surface area contributed by atoms with E-state index in [1.807, 2.05) is 51.1 Å². The molecule has 10 atom stereocenters. The van der Waals surface area contributed by atoms with Crippen molar-refractivity contribution in [3.8, 4) is 0 Å². The smallest absolute Gasteiger partial charge is 0.331 e. The average molecular weight is 483 g/mol. The topological polar surface area (TPSA) is 104 Å². The number of carbonyl (C=O) groups excluding carboxylic acids is 2. The first kappa shape index (κ1) is 24.7. The molecule has 4 aliphatic carbocycles. The van der Waals surface area contributed by atoms with Gasteiger partial charge in [-0.3, -0.25) is 4.79 Å². The monoisotopic (exact) mass is 482 g/mol. The van der Waals surface area contributed by atoms with Crippen molar-refractivity contribution in [2.24, 2.45) is 39.9 Å². The highest BCUT2D eigenvalue weighted by atomic mass is 16.5. The first-order valence-electron chi connectivity index (χ1n) is 12.9. The van der Waals surface area contributed by atoms with Crippen LogP contribution in [0.25, 0.3) is 6.08 Å². The van der Waals surface area contributed by atoms with E-state index in [1.165, 1.54) is 6.08 Å². The molecule has 4 fully saturated rings. The summed E-state index contributed by atoms with van der Waals surface area (Å²) in [6.07, 6.45) is 2.17. The summed E-state index contributed by atoms with van der Waals surface area (Å²) in [5, 5.41) is 34.1. The summed E-state index contributed by atoms with van der Waals surface area (Å²) in [5.41, 5.74) is -3.16. The molecule has 0 amide bonds. The van der Waals surface area contributed by atoms with Gasteiger partial charge in [0.15, 0.2) is 5.78 Å². The van der Waals surface area contributed by atoms with E-state index in [0.29, 0.717) is 6.42 Å². The number of aliphatic hydroxyl groups is 3. The molecule has 6 heteroatoms. The molecule has 0 unspecified atom stereocenters. The largest absolute Gasteiger partial charge is 0.458 e. The molecule has 0 spiro atoms. The van der Waals surface area contributed by atoms with Gasteiger partial charge in [0.05, 0.1) is 12.2 Å². The standard InChI is InChI=1S/C29H38O6/c1-16-15-29(34)21(22(16)31)23(32)27(4)14-13-18-20(28(27,5)25(29)33)24(26(18,2)3)35-19(30)12-11-17-9-7-6-8-10-17/h6-12,16,18,20-24,31-32,34H,13-15H2,1-5H3/t16-,18-,20-,21+,22-,23+,24+,27-,28+,29+/m0/s1. The molecule has 0 heterocycles. The molecule has 6 nitrogen and oxygen atoms in total. The Morgan fingerprint density at radius 3 is 2.40 bits per heavy atom. The summed E-state index contributed by atoms with van der Waals surface area (Å²) >= 11 is 0. The number of hydrogen-bond acceptors (Lipinski definition) is 6. The maximum atomic E-state index is 14.2. The van der Waals surface area contributed by atoms with Crippen molar-refractivity contribution >= 4 is 17.8 Å². The number of Topliss-reactive ketones (excluding diaryl/α,β-unsaturated/α-hetero) is 1. The number of fused-ring (bicyclic) bond motifs is 4. The second-order valence-corrected chi connectivity index (χ2v) is 12.6. The lowest BCUT2D eigenvalue weighted by Gasteiger charge is -2.72. The predicted octanol–water partition coefficient (Wildman–Crippen LogP) is 3.38. The van der Waals surface area contributed by atoms with Gasteiger partial charge in [0.1, 0.15) is 11.7 Å². The SMILES string of the molecule is C[C@H]1C[C@]2(O)C(=O)[C@@]3(C)[C@@H]4[C@@H](OC(=O)C=Cc5ccccc5)C(C)(C)[C@H]4CC[C@@]3(C)[C@H](O)[C@H]2[C@H]1O. The normalized spacial score (nSPS) is 48.0. The lowest BCUT2D eigenvalue weighted by molar-refractivity contribution is -0.296. The van der Waals surface area contributed by atoms with Gasteiger partial charge in [0.2, 0.25) is 0 Å². The molecule has 0 radical (unpaired) electrons. The summed E-state index contributed by atoms with van der Waals surface area (Å²) < 4.78 is 6.03. The quantitative estimate of drug-likeness (QED) is 0.451. The van der Waals surface area contributed by atoms with Crippen LogP contribution in [0.2, 0.25) is 0 Å². The highest BCUT2D eigenvalue weighted by Gasteiger charge is 2.80. The van der Waals surface area contributed by atoms with Crippen LogP contribution in [0.4, 0.5) is 0 Å². The molecule has 0 aliphatic heterocycles. The molecule has 1 aromatic rings. The zero-order valence-electron chi connectivity index (χ0n) is 21.3. The van der Waals surface area contributed by atoms with Gasteiger partial charge in [-0.1, -0.05) is 65.0 Å². The van der Waals surface area contributed by atoms with Crippen molar-refractivity contribution in [1.82, 2.24) is 0 Å². The van der Waals surface area contributed by atoms with Crippen LogP contribution in [0.15, 0.2) is 36.4 Å². The minimum absolute atomic E-state index is 0.122. The van der Waals surface area contributed by atoms with E-state index in [2.05, 4.69) is 13.8 Å². The van der Waals surface area contributed by atoms with E-state index in [4.69, 9.17) is 4.74 Å². The summed E-state index contributed by atoms with van der Waals surface area (Å²) in [7, 11) is 0. The van der Waals surface area contributed by atoms with Crippen molar-refractivity contribution < 1.29 is 29.6 Å². The van der Waals surface area contributed by atoms with Crippen molar-refractivity contribution in [3.63, 3.8) is 0 Å². The lowest BCUT2D eigenvalue weighted by Crippen LogP contribution is -2.79. The third kappa shape index (κ3) is 3.06. The molecule has 4 aliphatic rings. The number of ketones is 1. The zero-order valence-corrected chi connectivity index (χ0v) is 21.3. The van der Waals surface area contributed by atoms with Crippen molar-refractivity contribution in [1.29, 1.82) is 0 Å². The maximum Gasteiger partial charge on any atom is 0.331 e. The van der Waals surface area contributed by atoms with Gasteiger partial charge in [-0.05, 0) is 42.7 Å². The second kappa shape index (κ2) is 7.74. The molecule has 35 heavy (non-hydrogen) atoms. The van der Waals surface area contributed by atoms with E-state index in [9.17, 15) is 24.9 Å². The summed E-state index contributed by atoms with van der Waals surface area (Å²) in [6.45, 7) is 9.73. The highest BCUT2D eigenvalue weighted by Crippen LogP contribution is 2.74. The number of benzene rings is 1. The van der Waals surface area contributed by atoms with Gasteiger partial charge in [-0.25, -0.2) is 4.79 Å². The Labute approximate surface area is 207 Å². The van der Waals surface area contributed by atoms with Crippen LogP contribution >= 0.6 is 0 Å². The summed E-state index contributed by atoms with van der Waals surface area (Å²) in [5.74, 6) is -2.16. The van der Waals surface area contributed by atoms with E-state index in [0.717, 1.165) is 12.0 Å². The van der Waals surface area contributed by atoms with Gasteiger partial charge in [0.25, 0.3) is 0 Å². The zero-order chi connectivity index (χ0) is 25.6. The first-order valence-corrected chi connectivity index (χ1v) is 12.9. The van der Waals surface area contributed by atoms with Crippen LogP contribution in [0, 0.1) is 39.9 Å². The van der Waals surface area contributed by atoms with Crippen LogP contribution < -0.4 is 0 Å². The van der Waals surface area contributed by atoms with Gasteiger partial charge < -0.3 is 20.1 Å². The molecule has 0 bridgehead atoms. The number of aliphatic hydroxyl groups excluding tert-OH is 2. The fourth-order valence-electron chi connectivity index (χ4n) is 8.49. The van der Waals surface area contributed by atoms with Gasteiger partial charge in [0, 0.05) is 34.2 Å². The Morgan fingerprint density at radius 2 is 1.74 bits per heavy atom. The number of esters is 1. The van der Waals surface area contributed by atoms with E-state index < -0.39 is 46.6 Å². The van der Waals surface area contributed by atoms with E-state index >= 15 is 0 Å². The Hall–Kier alpha value is -2.02. The van der Waals surface area contributed by atoms with E-state index in [-0.39, 0.29) is 35.4 Å². The molecular weight excluding hydrogens is 444 g/mol. The molecule has 4 saturated carbocycles. The molecule has 0 saturated heterocycles. The number of carbonyl (C=O) groups is 2. The lowest BCUT2D eigenvalue weighted by atomic mass is 9.32. The predicted molar refractivity (Wildman–Crippen MR) is 131 cm³/mol. The molecule has 190 valence electrons.